The molecule has 97 valence electrons. The highest BCUT2D eigenvalue weighted by Gasteiger charge is 2.23. The first-order valence-corrected chi connectivity index (χ1v) is 5.95. The third-order valence-corrected chi connectivity index (χ3v) is 3.44. The largest absolute Gasteiger partial charge is 0.364 e. The summed E-state index contributed by atoms with van der Waals surface area (Å²) in [5.41, 5.74) is 8.30. The summed E-state index contributed by atoms with van der Waals surface area (Å²) in [6.07, 6.45) is 2.19. The van der Waals surface area contributed by atoms with Gasteiger partial charge in [0.2, 0.25) is 5.91 Å². The minimum absolute atomic E-state index is 0.0199. The number of carbonyl (C=O) groups excluding carboxylic acids is 2. The molecule has 1 radical (unpaired) electrons. The Morgan fingerprint density at radius 2 is 2.26 bits per heavy atom. The second-order valence-electron chi connectivity index (χ2n) is 4.66. The Hall–Kier alpha value is -2.37. The monoisotopic (exact) mass is 257 g/mol. The summed E-state index contributed by atoms with van der Waals surface area (Å²) in [5.74, 6) is -0.588. The highest BCUT2D eigenvalue weighted by atomic mass is 16.2. The first-order chi connectivity index (χ1) is 9.08. The van der Waals surface area contributed by atoms with Crippen molar-refractivity contribution in [1.82, 2.24) is 15.1 Å². The molecule has 1 aromatic heterocycles. The van der Waals surface area contributed by atoms with Gasteiger partial charge < -0.3 is 10.6 Å². The lowest BCUT2D eigenvalue weighted by Gasteiger charge is -2.15. The number of nitrogens with one attached hydrogen (secondary N) is 1. The van der Waals surface area contributed by atoms with Gasteiger partial charge in [0.25, 0.3) is 5.91 Å². The van der Waals surface area contributed by atoms with Gasteiger partial charge >= 0.3 is 0 Å². The summed E-state index contributed by atoms with van der Waals surface area (Å²) in [4.78, 5) is 24.8. The van der Waals surface area contributed by atoms with Crippen LogP contribution in [0.1, 0.15) is 21.6 Å². The lowest BCUT2D eigenvalue weighted by Crippen LogP contribution is -2.24. The molecule has 2 heterocycles. The molecule has 19 heavy (non-hydrogen) atoms. The van der Waals surface area contributed by atoms with Crippen LogP contribution >= 0.6 is 0 Å². The molecule has 0 atom stereocenters. The van der Waals surface area contributed by atoms with E-state index in [4.69, 9.17) is 5.73 Å². The Morgan fingerprint density at radius 3 is 3.00 bits per heavy atom. The summed E-state index contributed by atoms with van der Waals surface area (Å²) >= 11 is 0. The standard InChI is InChI=1S/C13H13N4O2/c1-17-6-8-7(3-5-10(17)18)2-4-9-11(8)12(13(14)19)16-15-9/h2,4-5H,3,6H2,1H3,(H2,14,19)(H,15,16). The average molecular weight is 257 g/mol. The first kappa shape index (κ1) is 11.7. The number of hydrogen-bond acceptors (Lipinski definition) is 3. The Morgan fingerprint density at radius 1 is 1.47 bits per heavy atom. The van der Waals surface area contributed by atoms with E-state index in [1.165, 1.54) is 0 Å². The van der Waals surface area contributed by atoms with Crippen LogP contribution in [0.15, 0.2) is 12.1 Å². The number of hydrogen-bond donors (Lipinski definition) is 2. The van der Waals surface area contributed by atoms with Crippen LogP contribution < -0.4 is 5.73 Å². The number of benzene rings is 1. The van der Waals surface area contributed by atoms with E-state index in [9.17, 15) is 9.59 Å². The van der Waals surface area contributed by atoms with Gasteiger partial charge in [0.05, 0.1) is 11.9 Å². The molecular weight excluding hydrogens is 244 g/mol. The summed E-state index contributed by atoms with van der Waals surface area (Å²) in [5, 5.41) is 7.49. The second-order valence-corrected chi connectivity index (χ2v) is 4.66. The first-order valence-electron chi connectivity index (χ1n) is 5.95. The molecule has 1 aliphatic rings. The lowest BCUT2D eigenvalue weighted by molar-refractivity contribution is -0.126. The number of nitrogens with zero attached hydrogens (tertiary/aromatic N) is 2. The van der Waals surface area contributed by atoms with Crippen LogP contribution in [0.4, 0.5) is 0 Å². The van der Waals surface area contributed by atoms with Crippen LogP contribution in [0.5, 0.6) is 0 Å². The molecule has 0 aliphatic carbocycles. The molecule has 2 amide bonds. The van der Waals surface area contributed by atoms with E-state index in [2.05, 4.69) is 10.2 Å². The predicted molar refractivity (Wildman–Crippen MR) is 69.1 cm³/mol. The molecule has 1 aromatic carbocycles. The average Bonchev–Trinajstić information content (AvgIpc) is 2.75. The predicted octanol–water partition coefficient (Wildman–Crippen LogP) is 0.381. The van der Waals surface area contributed by atoms with Crippen LogP contribution in [0.25, 0.3) is 10.9 Å². The zero-order valence-electron chi connectivity index (χ0n) is 10.4. The Bertz CT molecular complexity index is 689. The van der Waals surface area contributed by atoms with Gasteiger partial charge in [-0.05, 0) is 23.6 Å². The maximum absolute atomic E-state index is 11.7. The molecule has 0 fully saturated rings. The molecule has 6 heteroatoms. The number of nitrogens with two attached hydrogens (primary N) is 1. The van der Waals surface area contributed by atoms with E-state index in [1.807, 2.05) is 12.1 Å². The highest BCUT2D eigenvalue weighted by molar-refractivity contribution is 6.05. The number of amides is 2. The molecule has 0 saturated carbocycles. The topological polar surface area (TPSA) is 92.1 Å². The van der Waals surface area contributed by atoms with Gasteiger partial charge in [-0.3, -0.25) is 14.7 Å². The van der Waals surface area contributed by atoms with Gasteiger partial charge in [-0.1, -0.05) is 6.07 Å². The maximum Gasteiger partial charge on any atom is 0.269 e. The number of aromatic amines is 1. The number of primary amides is 1. The molecule has 0 unspecified atom stereocenters. The molecular formula is C13H13N4O2. The van der Waals surface area contributed by atoms with Crippen molar-refractivity contribution in [3.05, 3.63) is 35.4 Å². The molecule has 2 aromatic rings. The highest BCUT2D eigenvalue weighted by Crippen LogP contribution is 2.28. The van der Waals surface area contributed by atoms with Crippen LogP contribution in [0.2, 0.25) is 0 Å². The summed E-state index contributed by atoms with van der Waals surface area (Å²) in [6, 6.07) is 3.81. The van der Waals surface area contributed by atoms with Gasteiger partial charge in [0.15, 0.2) is 5.69 Å². The fourth-order valence-electron chi connectivity index (χ4n) is 2.44. The summed E-state index contributed by atoms with van der Waals surface area (Å²) in [7, 11) is 1.73. The van der Waals surface area contributed by atoms with E-state index in [0.29, 0.717) is 13.0 Å². The van der Waals surface area contributed by atoms with Gasteiger partial charge in [-0.25, -0.2) is 0 Å². The number of aromatic nitrogens is 2. The van der Waals surface area contributed by atoms with Crippen LogP contribution in [0.3, 0.4) is 0 Å². The number of carbonyl (C=O) groups is 2. The van der Waals surface area contributed by atoms with Gasteiger partial charge in [0.1, 0.15) is 0 Å². The Labute approximate surface area is 109 Å². The summed E-state index contributed by atoms with van der Waals surface area (Å²) in [6.45, 7) is 0.446. The Balaban J connectivity index is 2.27. The minimum Gasteiger partial charge on any atom is -0.364 e. The van der Waals surface area contributed by atoms with E-state index < -0.39 is 5.91 Å². The lowest BCUT2D eigenvalue weighted by atomic mass is 9.98. The van der Waals surface area contributed by atoms with Crippen molar-refractivity contribution in [2.24, 2.45) is 5.73 Å². The zero-order valence-corrected chi connectivity index (χ0v) is 10.4. The normalized spacial score (nSPS) is 15.4. The summed E-state index contributed by atoms with van der Waals surface area (Å²) < 4.78 is 0. The number of H-pyrrole nitrogens is 1. The van der Waals surface area contributed by atoms with Crippen molar-refractivity contribution in [2.75, 3.05) is 7.05 Å². The number of fused-ring (bicyclic) bond motifs is 3. The van der Waals surface area contributed by atoms with Crippen molar-refractivity contribution < 1.29 is 9.59 Å². The molecule has 0 saturated heterocycles. The molecule has 0 bridgehead atoms. The fraction of sp³-hybridized carbons (Fsp3) is 0.231. The molecule has 0 spiro atoms. The van der Waals surface area contributed by atoms with Crippen molar-refractivity contribution in [3.8, 4) is 0 Å². The van der Waals surface area contributed by atoms with Crippen LogP contribution in [0, 0.1) is 6.42 Å². The van der Waals surface area contributed by atoms with Crippen molar-refractivity contribution in [3.63, 3.8) is 0 Å². The van der Waals surface area contributed by atoms with Crippen molar-refractivity contribution in [2.45, 2.75) is 13.0 Å². The van der Waals surface area contributed by atoms with E-state index >= 15 is 0 Å². The maximum atomic E-state index is 11.7. The van der Waals surface area contributed by atoms with E-state index in [0.717, 1.165) is 22.0 Å². The van der Waals surface area contributed by atoms with Crippen LogP contribution in [-0.4, -0.2) is 34.0 Å². The van der Waals surface area contributed by atoms with Crippen molar-refractivity contribution in [1.29, 1.82) is 0 Å². The SMILES string of the molecule is CN1Cc2c(ccc3[nH]nc(C(N)=O)c23)C[CH]C1=O. The molecule has 6 nitrogen and oxygen atoms in total. The zero-order chi connectivity index (χ0) is 13.6. The van der Waals surface area contributed by atoms with E-state index in [1.54, 1.807) is 18.4 Å². The molecule has 3 N–H and O–H groups in total. The van der Waals surface area contributed by atoms with Crippen LogP contribution in [-0.2, 0) is 17.8 Å². The fourth-order valence-corrected chi connectivity index (χ4v) is 2.44. The third kappa shape index (κ3) is 1.76. The smallest absolute Gasteiger partial charge is 0.269 e. The third-order valence-electron chi connectivity index (χ3n) is 3.44. The Kier molecular flexibility index (Phi) is 2.51. The van der Waals surface area contributed by atoms with Crippen molar-refractivity contribution >= 4 is 22.7 Å². The van der Waals surface area contributed by atoms with Gasteiger partial charge in [-0.2, -0.15) is 5.10 Å². The second kappa shape index (κ2) is 4.08. The minimum atomic E-state index is -0.568. The number of rotatable bonds is 1. The molecule has 3 rings (SSSR count). The molecule has 1 aliphatic heterocycles. The van der Waals surface area contributed by atoms with E-state index in [-0.39, 0.29) is 11.6 Å². The van der Waals surface area contributed by atoms with Gasteiger partial charge in [-0.15, -0.1) is 0 Å². The quantitative estimate of drug-likeness (QED) is 0.773. The van der Waals surface area contributed by atoms with Gasteiger partial charge in [0, 0.05) is 19.0 Å².